The third-order valence-corrected chi connectivity index (χ3v) is 6.29. The van der Waals surface area contributed by atoms with Gasteiger partial charge in [-0.1, -0.05) is 27.7 Å². The minimum Gasteiger partial charge on any atom is -0.460 e. The Balaban J connectivity index is 2.25. The number of ether oxygens (including phenoxy) is 1. The van der Waals surface area contributed by atoms with E-state index >= 15 is 0 Å². The number of hydrogen-bond donors (Lipinski definition) is 2. The molecule has 0 spiro atoms. The number of Topliss-reactive ketones (excluding diaryl/α,β-unsaturated/α-hetero) is 1. The van der Waals surface area contributed by atoms with Gasteiger partial charge in [0.1, 0.15) is 6.10 Å². The quantitative estimate of drug-likeness (QED) is 0.796. The molecule has 2 N–H and O–H groups in total. The molecule has 138 valence electrons. The van der Waals surface area contributed by atoms with Crippen LogP contribution in [0.15, 0.2) is 10.7 Å². The van der Waals surface area contributed by atoms with Crippen LogP contribution in [0, 0.1) is 24.2 Å². The highest BCUT2D eigenvalue weighted by molar-refractivity contribution is 6.04. The Hall–Kier alpha value is -1.66. The van der Waals surface area contributed by atoms with E-state index in [1.165, 1.54) is 6.26 Å². The number of aliphatic hydroxyl groups excluding tert-OH is 1. The summed E-state index contributed by atoms with van der Waals surface area (Å²) < 4.78 is 11.2. The number of esters is 1. The van der Waals surface area contributed by atoms with Gasteiger partial charge in [0.2, 0.25) is 5.78 Å². The molecule has 1 aromatic heterocycles. The summed E-state index contributed by atoms with van der Waals surface area (Å²) in [6, 6.07) is 0. The number of carbonyl (C=O) groups is 2. The lowest BCUT2D eigenvalue weighted by Crippen LogP contribution is -2.69. The number of fused-ring (bicyclic) bond motifs is 2. The maximum atomic E-state index is 13.1. The van der Waals surface area contributed by atoms with Crippen LogP contribution >= 0.6 is 0 Å². The van der Waals surface area contributed by atoms with E-state index in [1.54, 1.807) is 27.7 Å². The topological polar surface area (TPSA) is 97.0 Å². The summed E-state index contributed by atoms with van der Waals surface area (Å²) in [6.07, 6.45) is 0.261. The summed E-state index contributed by atoms with van der Waals surface area (Å²) in [5, 5.41) is 21.9. The average Bonchev–Trinajstić information content (AvgIpc) is 2.93. The summed E-state index contributed by atoms with van der Waals surface area (Å²) in [5.41, 5.74) is -2.00. The standard InChI is InChI=1S/C19H26O6/c1-9(2)17(22)25-16-13-10(3)8-24-14(13)15(21)19(23)12(20)7-6-11(4)18(16,19)5/h8-9,11-12,16,20,23H,6-7H2,1-5H3/t11-,12+,16+,18-,19+/m0/s1. The first-order valence-electron chi connectivity index (χ1n) is 8.80. The molecule has 5 atom stereocenters. The highest BCUT2D eigenvalue weighted by atomic mass is 16.5. The zero-order valence-electron chi connectivity index (χ0n) is 15.3. The Kier molecular flexibility index (Phi) is 4.12. The third kappa shape index (κ3) is 2.16. The Bertz CT molecular complexity index is 719. The Labute approximate surface area is 147 Å². The molecule has 6 heteroatoms. The number of hydrogen-bond acceptors (Lipinski definition) is 6. The monoisotopic (exact) mass is 350 g/mol. The molecule has 0 unspecified atom stereocenters. The summed E-state index contributed by atoms with van der Waals surface area (Å²) in [7, 11) is 0. The third-order valence-electron chi connectivity index (χ3n) is 6.29. The fraction of sp³-hybridized carbons (Fsp3) is 0.684. The van der Waals surface area contributed by atoms with Gasteiger partial charge in [0.25, 0.3) is 0 Å². The molecule has 0 radical (unpaired) electrons. The van der Waals surface area contributed by atoms with E-state index in [-0.39, 0.29) is 17.6 Å². The number of furan rings is 1. The van der Waals surface area contributed by atoms with E-state index in [2.05, 4.69) is 0 Å². The van der Waals surface area contributed by atoms with Crippen LogP contribution in [-0.4, -0.2) is 33.7 Å². The lowest BCUT2D eigenvalue weighted by molar-refractivity contribution is -0.223. The first-order chi connectivity index (χ1) is 11.6. The van der Waals surface area contributed by atoms with Gasteiger partial charge in [-0.25, -0.2) is 0 Å². The molecule has 6 nitrogen and oxygen atoms in total. The van der Waals surface area contributed by atoms with Crippen LogP contribution in [0.2, 0.25) is 0 Å². The predicted octanol–water partition coefficient (Wildman–Crippen LogP) is 2.55. The van der Waals surface area contributed by atoms with Crippen molar-refractivity contribution in [3.8, 4) is 0 Å². The zero-order valence-corrected chi connectivity index (χ0v) is 15.3. The van der Waals surface area contributed by atoms with Crippen molar-refractivity contribution in [2.24, 2.45) is 17.3 Å². The molecule has 1 saturated carbocycles. The molecule has 1 heterocycles. The van der Waals surface area contributed by atoms with Gasteiger partial charge < -0.3 is 19.4 Å². The Morgan fingerprint density at radius 2 is 2.04 bits per heavy atom. The predicted molar refractivity (Wildman–Crippen MR) is 88.9 cm³/mol. The van der Waals surface area contributed by atoms with Gasteiger partial charge in [0, 0.05) is 5.56 Å². The molecule has 2 aliphatic rings. The molecule has 3 rings (SSSR count). The van der Waals surface area contributed by atoms with Crippen molar-refractivity contribution < 1.29 is 29.0 Å². The highest BCUT2D eigenvalue weighted by Crippen LogP contribution is 2.61. The second-order valence-electron chi connectivity index (χ2n) is 8.01. The van der Waals surface area contributed by atoms with Crippen LogP contribution in [0.3, 0.4) is 0 Å². The summed E-state index contributed by atoms with van der Waals surface area (Å²) in [4.78, 5) is 25.4. The van der Waals surface area contributed by atoms with Crippen LogP contribution in [0.5, 0.6) is 0 Å². The first-order valence-corrected chi connectivity index (χ1v) is 8.80. The molecule has 1 fully saturated rings. The number of aryl methyl sites for hydroxylation is 1. The van der Waals surface area contributed by atoms with Crippen molar-refractivity contribution in [1.29, 1.82) is 0 Å². The normalized spacial score (nSPS) is 37.6. The summed E-state index contributed by atoms with van der Waals surface area (Å²) in [6.45, 7) is 8.89. The molecular formula is C19H26O6. The van der Waals surface area contributed by atoms with Gasteiger partial charge in [-0.05, 0) is 31.2 Å². The minimum absolute atomic E-state index is 0.0211. The van der Waals surface area contributed by atoms with E-state index in [4.69, 9.17) is 9.15 Å². The molecule has 0 aromatic carbocycles. The SMILES string of the molecule is Cc1coc2c1[C@@H](OC(=O)C(C)C)[C@]1(C)[C@@H](C)CC[C@@H](O)[C@@]1(O)C2=O. The maximum Gasteiger partial charge on any atom is 0.309 e. The molecule has 1 aromatic rings. The van der Waals surface area contributed by atoms with Gasteiger partial charge in [-0.15, -0.1) is 0 Å². The molecule has 0 aliphatic heterocycles. The maximum absolute atomic E-state index is 13.1. The minimum atomic E-state index is -2.05. The molecular weight excluding hydrogens is 324 g/mol. The van der Waals surface area contributed by atoms with Crippen LogP contribution < -0.4 is 0 Å². The van der Waals surface area contributed by atoms with Crippen molar-refractivity contribution in [2.75, 3.05) is 0 Å². The molecule has 0 bridgehead atoms. The van der Waals surface area contributed by atoms with E-state index in [0.717, 1.165) is 0 Å². The number of aliphatic hydroxyl groups is 2. The second-order valence-corrected chi connectivity index (χ2v) is 8.01. The van der Waals surface area contributed by atoms with Crippen LogP contribution in [0.4, 0.5) is 0 Å². The van der Waals surface area contributed by atoms with Crippen LogP contribution in [-0.2, 0) is 9.53 Å². The molecule has 0 saturated heterocycles. The van der Waals surface area contributed by atoms with Gasteiger partial charge in [0.05, 0.1) is 23.7 Å². The number of carbonyl (C=O) groups excluding carboxylic acids is 2. The van der Waals surface area contributed by atoms with Crippen LogP contribution in [0.25, 0.3) is 0 Å². The largest absolute Gasteiger partial charge is 0.460 e. The fourth-order valence-corrected chi connectivity index (χ4v) is 4.37. The van der Waals surface area contributed by atoms with E-state index in [0.29, 0.717) is 24.0 Å². The molecule has 2 aliphatic carbocycles. The van der Waals surface area contributed by atoms with E-state index < -0.39 is 35.0 Å². The van der Waals surface area contributed by atoms with Gasteiger partial charge in [-0.2, -0.15) is 0 Å². The lowest BCUT2D eigenvalue weighted by Gasteiger charge is -2.57. The van der Waals surface area contributed by atoms with E-state index in [1.807, 2.05) is 6.92 Å². The van der Waals surface area contributed by atoms with Crippen molar-refractivity contribution in [1.82, 2.24) is 0 Å². The van der Waals surface area contributed by atoms with Gasteiger partial charge >= 0.3 is 5.97 Å². The second kappa shape index (κ2) is 5.68. The van der Waals surface area contributed by atoms with Crippen LogP contribution in [0.1, 0.15) is 68.3 Å². The first kappa shape index (κ1) is 18.1. The lowest BCUT2D eigenvalue weighted by atomic mass is 9.50. The van der Waals surface area contributed by atoms with Crippen molar-refractivity contribution in [3.05, 3.63) is 23.2 Å². The number of ketones is 1. The van der Waals surface area contributed by atoms with Gasteiger partial charge in [-0.3, -0.25) is 9.59 Å². The highest BCUT2D eigenvalue weighted by Gasteiger charge is 2.70. The zero-order chi connectivity index (χ0) is 18.7. The molecule has 0 amide bonds. The van der Waals surface area contributed by atoms with Gasteiger partial charge in [0.15, 0.2) is 11.4 Å². The summed E-state index contributed by atoms with van der Waals surface area (Å²) >= 11 is 0. The summed E-state index contributed by atoms with van der Waals surface area (Å²) in [5.74, 6) is -1.56. The fourth-order valence-electron chi connectivity index (χ4n) is 4.37. The number of rotatable bonds is 2. The van der Waals surface area contributed by atoms with Crippen molar-refractivity contribution >= 4 is 11.8 Å². The Morgan fingerprint density at radius 3 is 2.64 bits per heavy atom. The van der Waals surface area contributed by atoms with Crippen molar-refractivity contribution in [3.63, 3.8) is 0 Å². The van der Waals surface area contributed by atoms with Crippen molar-refractivity contribution in [2.45, 2.75) is 65.3 Å². The average molecular weight is 350 g/mol. The smallest absolute Gasteiger partial charge is 0.309 e. The van der Waals surface area contributed by atoms with E-state index in [9.17, 15) is 19.8 Å². The molecule has 25 heavy (non-hydrogen) atoms. The Morgan fingerprint density at radius 1 is 1.40 bits per heavy atom.